The van der Waals surface area contributed by atoms with E-state index in [-0.39, 0.29) is 19.1 Å². The number of nitrogens with zero attached hydrogens (tertiary/aromatic N) is 1. The summed E-state index contributed by atoms with van der Waals surface area (Å²) in [5.41, 5.74) is 5.65. The third kappa shape index (κ3) is 8.13. The average Bonchev–Trinajstić information content (AvgIpc) is 2.79. The number of aryl methyl sites for hydroxylation is 2. The second-order valence-corrected chi connectivity index (χ2v) is 6.97. The third-order valence-electron chi connectivity index (χ3n) is 4.41. The van der Waals surface area contributed by atoms with Gasteiger partial charge < -0.3 is 20.1 Å². The number of carbonyl (C=O) groups is 3. The number of carbonyl (C=O) groups excluding carboxylic acids is 3. The zero-order valence-corrected chi connectivity index (χ0v) is 18.9. The van der Waals surface area contributed by atoms with Crippen molar-refractivity contribution in [3.05, 3.63) is 65.7 Å². The van der Waals surface area contributed by atoms with Gasteiger partial charge in [0.25, 0.3) is 5.91 Å². The van der Waals surface area contributed by atoms with Gasteiger partial charge in [-0.05, 0) is 67.8 Å². The molecule has 174 valence electrons. The molecule has 0 saturated heterocycles. The summed E-state index contributed by atoms with van der Waals surface area (Å²) in [5.74, 6) is -1.21. The molecule has 3 N–H and O–H groups in total. The van der Waals surface area contributed by atoms with Crippen molar-refractivity contribution < 1.29 is 23.9 Å². The van der Waals surface area contributed by atoms with E-state index in [2.05, 4.69) is 27.7 Å². The van der Waals surface area contributed by atoms with Gasteiger partial charge in [0, 0.05) is 12.2 Å². The molecule has 33 heavy (non-hydrogen) atoms. The summed E-state index contributed by atoms with van der Waals surface area (Å²) in [6.07, 6.45) is 2.82. The first-order valence-electron chi connectivity index (χ1n) is 10.3. The molecule has 3 amide bonds. The van der Waals surface area contributed by atoms with Crippen LogP contribution in [0, 0.1) is 13.8 Å². The maximum absolute atomic E-state index is 12.3. The van der Waals surface area contributed by atoms with Gasteiger partial charge in [-0.2, -0.15) is 5.10 Å². The minimum Gasteiger partial charge on any atom is -0.490 e. The molecule has 9 heteroatoms. The SMILES string of the molecule is C=CCNC(=O)C(=O)N/N=C\c1ccc(OCC(=O)Nc2ccc(C)c(C)c2)c(OCC)c1. The van der Waals surface area contributed by atoms with Gasteiger partial charge in [0.05, 0.1) is 12.8 Å². The lowest BCUT2D eigenvalue weighted by atomic mass is 10.1. The molecule has 0 spiro atoms. The van der Waals surface area contributed by atoms with E-state index in [1.54, 1.807) is 18.2 Å². The molecule has 9 nitrogen and oxygen atoms in total. The fraction of sp³-hybridized carbons (Fsp3) is 0.250. The Morgan fingerprint density at radius 1 is 1.00 bits per heavy atom. The second-order valence-electron chi connectivity index (χ2n) is 6.97. The first-order valence-corrected chi connectivity index (χ1v) is 10.3. The van der Waals surface area contributed by atoms with Crippen LogP contribution in [0.15, 0.2) is 54.2 Å². The molecule has 0 aliphatic heterocycles. The lowest BCUT2D eigenvalue weighted by Gasteiger charge is -2.13. The van der Waals surface area contributed by atoms with E-state index in [9.17, 15) is 14.4 Å². The van der Waals surface area contributed by atoms with Crippen molar-refractivity contribution >= 4 is 29.6 Å². The van der Waals surface area contributed by atoms with E-state index in [1.165, 1.54) is 12.3 Å². The summed E-state index contributed by atoms with van der Waals surface area (Å²) in [4.78, 5) is 35.4. The number of rotatable bonds is 10. The monoisotopic (exact) mass is 452 g/mol. The van der Waals surface area contributed by atoms with E-state index in [0.717, 1.165) is 11.1 Å². The van der Waals surface area contributed by atoms with Gasteiger partial charge >= 0.3 is 11.8 Å². The Balaban J connectivity index is 1.97. The molecule has 0 aliphatic rings. The zero-order valence-electron chi connectivity index (χ0n) is 18.9. The van der Waals surface area contributed by atoms with Gasteiger partial charge in [-0.25, -0.2) is 5.43 Å². The largest absolute Gasteiger partial charge is 0.490 e. The fourth-order valence-corrected chi connectivity index (χ4v) is 2.61. The highest BCUT2D eigenvalue weighted by molar-refractivity contribution is 6.35. The van der Waals surface area contributed by atoms with Crippen molar-refractivity contribution in [2.45, 2.75) is 20.8 Å². The normalized spacial score (nSPS) is 10.4. The third-order valence-corrected chi connectivity index (χ3v) is 4.41. The molecule has 2 aromatic rings. The topological polar surface area (TPSA) is 118 Å². The summed E-state index contributed by atoms with van der Waals surface area (Å²) < 4.78 is 11.2. The Labute approximate surface area is 192 Å². The lowest BCUT2D eigenvalue weighted by Crippen LogP contribution is -2.37. The van der Waals surface area contributed by atoms with E-state index < -0.39 is 11.8 Å². The lowest BCUT2D eigenvalue weighted by molar-refractivity contribution is -0.139. The first kappa shape index (κ1) is 25.1. The van der Waals surface area contributed by atoms with Gasteiger partial charge in [0.15, 0.2) is 18.1 Å². The van der Waals surface area contributed by atoms with Gasteiger partial charge in [0.2, 0.25) is 0 Å². The van der Waals surface area contributed by atoms with Crippen LogP contribution < -0.4 is 25.5 Å². The number of hydrogen-bond acceptors (Lipinski definition) is 6. The van der Waals surface area contributed by atoms with Crippen molar-refractivity contribution in [3.63, 3.8) is 0 Å². The van der Waals surface area contributed by atoms with Crippen LogP contribution in [0.1, 0.15) is 23.6 Å². The molecule has 0 aliphatic carbocycles. The summed E-state index contributed by atoms with van der Waals surface area (Å²) in [7, 11) is 0. The molecule has 0 unspecified atom stereocenters. The number of hydrogen-bond donors (Lipinski definition) is 3. The molecule has 0 saturated carbocycles. The van der Waals surface area contributed by atoms with Crippen LogP contribution in [0.4, 0.5) is 5.69 Å². The molecular formula is C24H28N4O5. The molecule has 0 aromatic heterocycles. The van der Waals surface area contributed by atoms with Crippen LogP contribution >= 0.6 is 0 Å². The molecule has 0 heterocycles. The number of hydrazone groups is 1. The second kappa shape index (κ2) is 12.7. The summed E-state index contributed by atoms with van der Waals surface area (Å²) in [6, 6.07) is 10.6. The van der Waals surface area contributed by atoms with Gasteiger partial charge in [0.1, 0.15) is 0 Å². The Morgan fingerprint density at radius 2 is 1.79 bits per heavy atom. The predicted molar refractivity (Wildman–Crippen MR) is 127 cm³/mol. The van der Waals surface area contributed by atoms with Gasteiger partial charge in [-0.15, -0.1) is 6.58 Å². The standard InChI is InChI=1S/C24H28N4O5/c1-5-11-25-23(30)24(31)28-26-14-18-8-10-20(21(13-18)32-6-2)33-15-22(29)27-19-9-7-16(3)17(4)12-19/h5,7-10,12-14H,1,6,11,15H2,2-4H3,(H,25,30)(H,27,29)(H,28,31)/b26-14-. The van der Waals surface area contributed by atoms with E-state index in [4.69, 9.17) is 9.47 Å². The molecule has 0 fully saturated rings. The Hall–Kier alpha value is -4.14. The Morgan fingerprint density at radius 3 is 2.48 bits per heavy atom. The van der Waals surface area contributed by atoms with E-state index in [1.807, 2.05) is 39.0 Å². The summed E-state index contributed by atoms with van der Waals surface area (Å²) in [5, 5.41) is 8.91. The molecule has 0 atom stereocenters. The van der Waals surface area contributed by atoms with Crippen LogP contribution in [0.25, 0.3) is 0 Å². The molecule has 0 bridgehead atoms. The van der Waals surface area contributed by atoms with E-state index in [0.29, 0.717) is 29.4 Å². The zero-order chi connectivity index (χ0) is 24.2. The van der Waals surface area contributed by atoms with Gasteiger partial charge in [-0.1, -0.05) is 12.1 Å². The summed E-state index contributed by atoms with van der Waals surface area (Å²) in [6.45, 7) is 9.61. The minimum atomic E-state index is -0.895. The maximum Gasteiger partial charge on any atom is 0.329 e. The van der Waals surface area contributed by atoms with Crippen molar-refractivity contribution in [2.24, 2.45) is 5.10 Å². The van der Waals surface area contributed by atoms with Crippen LogP contribution in [-0.2, 0) is 14.4 Å². The number of amides is 3. The highest BCUT2D eigenvalue weighted by Crippen LogP contribution is 2.28. The Bertz CT molecular complexity index is 1050. The van der Waals surface area contributed by atoms with E-state index >= 15 is 0 Å². The number of benzene rings is 2. The minimum absolute atomic E-state index is 0.178. The molecule has 2 rings (SSSR count). The highest BCUT2D eigenvalue weighted by Gasteiger charge is 2.12. The maximum atomic E-state index is 12.3. The van der Waals surface area contributed by atoms with Crippen molar-refractivity contribution in [1.29, 1.82) is 0 Å². The van der Waals surface area contributed by atoms with Crippen LogP contribution in [0.3, 0.4) is 0 Å². The quantitative estimate of drug-likeness (QED) is 0.222. The van der Waals surface area contributed by atoms with Crippen molar-refractivity contribution in [3.8, 4) is 11.5 Å². The van der Waals surface area contributed by atoms with Crippen molar-refractivity contribution in [1.82, 2.24) is 10.7 Å². The fourth-order valence-electron chi connectivity index (χ4n) is 2.61. The number of nitrogens with one attached hydrogen (secondary N) is 3. The Kier molecular flexibility index (Phi) is 9.63. The van der Waals surface area contributed by atoms with Crippen molar-refractivity contribution in [2.75, 3.05) is 25.1 Å². The smallest absolute Gasteiger partial charge is 0.329 e. The van der Waals surface area contributed by atoms with Gasteiger partial charge in [-0.3, -0.25) is 14.4 Å². The number of anilines is 1. The highest BCUT2D eigenvalue weighted by atomic mass is 16.5. The molecule has 2 aromatic carbocycles. The summed E-state index contributed by atoms with van der Waals surface area (Å²) >= 11 is 0. The van der Waals surface area contributed by atoms with Crippen LogP contribution in [-0.4, -0.2) is 43.7 Å². The average molecular weight is 453 g/mol. The predicted octanol–water partition coefficient (Wildman–Crippen LogP) is 2.47. The first-order chi connectivity index (χ1) is 15.8. The molecule has 0 radical (unpaired) electrons. The van der Waals surface area contributed by atoms with Crippen LogP contribution in [0.2, 0.25) is 0 Å². The number of ether oxygens (including phenoxy) is 2. The van der Waals surface area contributed by atoms with Crippen LogP contribution in [0.5, 0.6) is 11.5 Å². The molecular weight excluding hydrogens is 424 g/mol.